The minimum atomic E-state index is -0.0837. The summed E-state index contributed by atoms with van der Waals surface area (Å²) in [6.07, 6.45) is 5.70. The molecule has 1 unspecified atom stereocenters. The van der Waals surface area contributed by atoms with Crippen molar-refractivity contribution in [1.29, 1.82) is 0 Å². The van der Waals surface area contributed by atoms with E-state index in [4.69, 9.17) is 16.3 Å². The molecule has 1 fully saturated rings. The lowest BCUT2D eigenvalue weighted by Crippen LogP contribution is -2.10. The van der Waals surface area contributed by atoms with E-state index in [-0.39, 0.29) is 23.0 Å². The maximum absolute atomic E-state index is 12.1. The Morgan fingerprint density at radius 3 is 3.10 bits per heavy atom. The second kappa shape index (κ2) is 6.07. The van der Waals surface area contributed by atoms with E-state index in [2.05, 4.69) is 15.0 Å². The SMILES string of the molecule is CCCCC(=O)c1nc(Cl)c2ncn(C3CCCO3)c2n1. The molecule has 0 aromatic carbocycles. The summed E-state index contributed by atoms with van der Waals surface area (Å²) >= 11 is 6.14. The first kappa shape index (κ1) is 14.4. The fourth-order valence-corrected chi connectivity index (χ4v) is 2.66. The number of aromatic nitrogens is 4. The number of Topliss-reactive ketones (excluding diaryl/α,β-unsaturated/α-hetero) is 1. The molecule has 112 valence electrons. The van der Waals surface area contributed by atoms with Gasteiger partial charge < -0.3 is 4.74 Å². The Labute approximate surface area is 127 Å². The summed E-state index contributed by atoms with van der Waals surface area (Å²) in [4.78, 5) is 24.8. The average molecular weight is 309 g/mol. The summed E-state index contributed by atoms with van der Waals surface area (Å²) in [5.74, 6) is 0.0847. The van der Waals surface area contributed by atoms with Crippen LogP contribution >= 0.6 is 11.6 Å². The summed E-state index contributed by atoms with van der Waals surface area (Å²) in [5.41, 5.74) is 1.08. The molecule has 0 spiro atoms. The molecule has 0 saturated carbocycles. The number of fused-ring (bicyclic) bond motifs is 1. The zero-order valence-electron chi connectivity index (χ0n) is 11.9. The summed E-state index contributed by atoms with van der Waals surface area (Å²) in [6.45, 7) is 2.77. The maximum Gasteiger partial charge on any atom is 0.200 e. The third kappa shape index (κ3) is 2.78. The molecule has 0 N–H and O–H groups in total. The lowest BCUT2D eigenvalue weighted by Gasteiger charge is -2.11. The Kier molecular flexibility index (Phi) is 4.17. The van der Waals surface area contributed by atoms with Crippen molar-refractivity contribution in [3.8, 4) is 0 Å². The van der Waals surface area contributed by atoms with Gasteiger partial charge in [-0.1, -0.05) is 24.9 Å². The number of imidazole rings is 1. The first-order valence-electron chi connectivity index (χ1n) is 7.25. The summed E-state index contributed by atoms with van der Waals surface area (Å²) < 4.78 is 7.48. The molecule has 0 radical (unpaired) electrons. The van der Waals surface area contributed by atoms with Crippen LogP contribution < -0.4 is 0 Å². The lowest BCUT2D eigenvalue weighted by atomic mass is 10.2. The molecule has 1 aliphatic rings. The summed E-state index contributed by atoms with van der Waals surface area (Å²) in [6, 6.07) is 0. The highest BCUT2D eigenvalue weighted by molar-refractivity contribution is 6.33. The van der Waals surface area contributed by atoms with Crippen molar-refractivity contribution >= 4 is 28.5 Å². The maximum atomic E-state index is 12.1. The predicted molar refractivity (Wildman–Crippen MR) is 78.4 cm³/mol. The van der Waals surface area contributed by atoms with Crippen molar-refractivity contribution in [2.24, 2.45) is 0 Å². The zero-order valence-corrected chi connectivity index (χ0v) is 12.6. The van der Waals surface area contributed by atoms with Crippen LogP contribution in [0.2, 0.25) is 5.15 Å². The molecule has 3 heterocycles. The number of carbonyl (C=O) groups excluding carboxylic acids is 1. The van der Waals surface area contributed by atoms with Gasteiger partial charge in [-0.2, -0.15) is 0 Å². The minimum Gasteiger partial charge on any atom is -0.358 e. The van der Waals surface area contributed by atoms with Gasteiger partial charge in [0.2, 0.25) is 0 Å². The van der Waals surface area contributed by atoms with Gasteiger partial charge in [0.25, 0.3) is 0 Å². The monoisotopic (exact) mass is 308 g/mol. The number of nitrogens with zero attached hydrogens (tertiary/aromatic N) is 4. The number of hydrogen-bond acceptors (Lipinski definition) is 5. The minimum absolute atomic E-state index is 0.0826. The average Bonchev–Trinajstić information content (AvgIpc) is 3.12. The Morgan fingerprint density at radius 1 is 1.52 bits per heavy atom. The molecule has 0 amide bonds. The van der Waals surface area contributed by atoms with E-state index < -0.39 is 0 Å². The molecule has 7 heteroatoms. The van der Waals surface area contributed by atoms with Crippen LogP contribution in [0, 0.1) is 0 Å². The van der Waals surface area contributed by atoms with E-state index in [1.807, 2.05) is 11.5 Å². The molecular weight excluding hydrogens is 292 g/mol. The predicted octanol–water partition coefficient (Wildman–Crippen LogP) is 3.16. The highest BCUT2D eigenvalue weighted by atomic mass is 35.5. The van der Waals surface area contributed by atoms with Crippen LogP contribution in [0.4, 0.5) is 0 Å². The van der Waals surface area contributed by atoms with E-state index in [1.54, 1.807) is 6.33 Å². The molecule has 1 aliphatic heterocycles. The second-order valence-corrected chi connectivity index (χ2v) is 5.51. The Morgan fingerprint density at radius 2 is 2.38 bits per heavy atom. The standard InChI is InChI=1S/C14H17ClN4O2/c1-2-3-5-9(20)13-17-12(15)11-14(18-13)19(8-16-11)10-6-4-7-21-10/h8,10H,2-7H2,1H3. The van der Waals surface area contributed by atoms with Crippen molar-refractivity contribution in [2.45, 2.75) is 45.3 Å². The van der Waals surface area contributed by atoms with Gasteiger partial charge in [-0.15, -0.1) is 0 Å². The van der Waals surface area contributed by atoms with E-state index in [9.17, 15) is 4.79 Å². The van der Waals surface area contributed by atoms with Gasteiger partial charge in [-0.05, 0) is 19.3 Å². The molecule has 1 atom stereocenters. The fraction of sp³-hybridized carbons (Fsp3) is 0.571. The smallest absolute Gasteiger partial charge is 0.200 e. The highest BCUT2D eigenvalue weighted by Gasteiger charge is 2.23. The number of ether oxygens (including phenoxy) is 1. The first-order chi connectivity index (χ1) is 10.2. The number of halogens is 1. The van der Waals surface area contributed by atoms with Crippen LogP contribution in [0.25, 0.3) is 11.2 Å². The third-order valence-electron chi connectivity index (χ3n) is 3.60. The van der Waals surface area contributed by atoms with Crippen molar-refractivity contribution in [3.63, 3.8) is 0 Å². The molecular formula is C14H17ClN4O2. The van der Waals surface area contributed by atoms with Crippen LogP contribution in [-0.2, 0) is 4.74 Å². The van der Waals surface area contributed by atoms with Gasteiger partial charge >= 0.3 is 0 Å². The zero-order chi connectivity index (χ0) is 14.8. The quantitative estimate of drug-likeness (QED) is 0.627. The summed E-state index contributed by atoms with van der Waals surface area (Å²) in [7, 11) is 0. The lowest BCUT2D eigenvalue weighted by molar-refractivity contribution is 0.0592. The van der Waals surface area contributed by atoms with E-state index in [0.29, 0.717) is 17.6 Å². The van der Waals surface area contributed by atoms with Crippen molar-refractivity contribution in [1.82, 2.24) is 19.5 Å². The molecule has 2 aromatic heterocycles. The normalized spacial score (nSPS) is 18.5. The molecule has 2 aromatic rings. The van der Waals surface area contributed by atoms with E-state index in [0.717, 1.165) is 32.3 Å². The van der Waals surface area contributed by atoms with Gasteiger partial charge in [-0.25, -0.2) is 15.0 Å². The number of carbonyl (C=O) groups is 1. The molecule has 3 rings (SSSR count). The van der Waals surface area contributed by atoms with Crippen LogP contribution in [0.5, 0.6) is 0 Å². The Hall–Kier alpha value is -1.53. The number of ketones is 1. The fourth-order valence-electron chi connectivity index (χ4n) is 2.45. The molecule has 21 heavy (non-hydrogen) atoms. The molecule has 1 saturated heterocycles. The topological polar surface area (TPSA) is 69.9 Å². The van der Waals surface area contributed by atoms with E-state index in [1.165, 1.54) is 0 Å². The molecule has 0 aliphatic carbocycles. The molecule has 6 nitrogen and oxygen atoms in total. The van der Waals surface area contributed by atoms with Gasteiger partial charge in [0.05, 0.1) is 6.33 Å². The van der Waals surface area contributed by atoms with Crippen LogP contribution in [0.15, 0.2) is 6.33 Å². The van der Waals surface area contributed by atoms with Gasteiger partial charge in [0.1, 0.15) is 11.7 Å². The van der Waals surface area contributed by atoms with Crippen molar-refractivity contribution in [3.05, 3.63) is 17.3 Å². The van der Waals surface area contributed by atoms with Crippen molar-refractivity contribution < 1.29 is 9.53 Å². The van der Waals surface area contributed by atoms with E-state index >= 15 is 0 Å². The van der Waals surface area contributed by atoms with Crippen LogP contribution in [0.1, 0.15) is 55.9 Å². The first-order valence-corrected chi connectivity index (χ1v) is 7.63. The van der Waals surface area contributed by atoms with Gasteiger partial charge in [-0.3, -0.25) is 9.36 Å². The molecule has 0 bridgehead atoms. The Bertz CT molecular complexity index is 664. The largest absolute Gasteiger partial charge is 0.358 e. The third-order valence-corrected chi connectivity index (χ3v) is 3.87. The van der Waals surface area contributed by atoms with Crippen LogP contribution in [-0.4, -0.2) is 31.9 Å². The number of unbranched alkanes of at least 4 members (excludes halogenated alkanes) is 1. The van der Waals surface area contributed by atoms with Gasteiger partial charge in [0.15, 0.2) is 22.4 Å². The van der Waals surface area contributed by atoms with Crippen molar-refractivity contribution in [2.75, 3.05) is 6.61 Å². The van der Waals surface area contributed by atoms with Gasteiger partial charge in [0, 0.05) is 13.0 Å². The highest BCUT2D eigenvalue weighted by Crippen LogP contribution is 2.28. The van der Waals surface area contributed by atoms with Crippen LogP contribution in [0.3, 0.4) is 0 Å². The second-order valence-electron chi connectivity index (χ2n) is 5.16. The number of rotatable bonds is 5. The summed E-state index contributed by atoms with van der Waals surface area (Å²) in [5, 5.41) is 0.219. The number of hydrogen-bond donors (Lipinski definition) is 0. The Balaban J connectivity index is 2.00.